The zero-order chi connectivity index (χ0) is 17.5. The molecule has 1 rings (SSSR count). The van der Waals surface area contributed by atoms with Crippen LogP contribution in [0.3, 0.4) is 0 Å². The van der Waals surface area contributed by atoms with Crippen LogP contribution in [0, 0.1) is 5.92 Å². The molecular formula is C19H32N2O2. The van der Waals surface area contributed by atoms with Crippen molar-refractivity contribution in [1.29, 1.82) is 0 Å². The fourth-order valence-corrected chi connectivity index (χ4v) is 2.13. The highest BCUT2D eigenvalue weighted by Crippen LogP contribution is 2.25. The van der Waals surface area contributed by atoms with Gasteiger partial charge in [-0.05, 0) is 37.0 Å². The van der Waals surface area contributed by atoms with E-state index in [4.69, 9.17) is 10.5 Å². The molecular weight excluding hydrogens is 288 g/mol. The molecule has 1 amide bonds. The second kappa shape index (κ2) is 8.92. The number of nitrogens with one attached hydrogen (secondary N) is 1. The van der Waals surface area contributed by atoms with Crippen molar-refractivity contribution in [3.8, 4) is 5.75 Å². The first-order valence-corrected chi connectivity index (χ1v) is 8.46. The van der Waals surface area contributed by atoms with E-state index in [-0.39, 0.29) is 17.4 Å². The molecule has 3 N–H and O–H groups in total. The van der Waals surface area contributed by atoms with E-state index in [0.717, 1.165) is 12.4 Å². The van der Waals surface area contributed by atoms with Gasteiger partial charge in [0.2, 0.25) is 5.91 Å². The Labute approximate surface area is 140 Å². The van der Waals surface area contributed by atoms with E-state index in [1.54, 1.807) is 0 Å². The highest BCUT2D eigenvalue weighted by molar-refractivity contribution is 5.76. The highest BCUT2D eigenvalue weighted by Gasteiger charge is 2.21. The molecule has 1 aromatic carbocycles. The van der Waals surface area contributed by atoms with Crippen LogP contribution in [0.5, 0.6) is 5.75 Å². The molecule has 0 aliphatic rings. The summed E-state index contributed by atoms with van der Waals surface area (Å²) in [5.41, 5.74) is 6.74. The maximum Gasteiger partial charge on any atom is 0.220 e. The minimum atomic E-state index is -0.124. The summed E-state index contributed by atoms with van der Waals surface area (Å²) in [6.07, 6.45) is 1.20. The van der Waals surface area contributed by atoms with E-state index in [2.05, 4.69) is 45.1 Å². The Kier molecular flexibility index (Phi) is 7.56. The largest absolute Gasteiger partial charge is 0.493 e. The van der Waals surface area contributed by atoms with Gasteiger partial charge < -0.3 is 15.8 Å². The first kappa shape index (κ1) is 19.5. The number of nitrogens with two attached hydrogens (primary N) is 1. The molecule has 1 unspecified atom stereocenters. The number of benzene rings is 1. The summed E-state index contributed by atoms with van der Waals surface area (Å²) in [6, 6.07) is 8.20. The minimum Gasteiger partial charge on any atom is -0.493 e. The van der Waals surface area contributed by atoms with Crippen molar-refractivity contribution in [2.75, 3.05) is 13.2 Å². The Hall–Kier alpha value is -1.55. The van der Waals surface area contributed by atoms with Gasteiger partial charge in [-0.3, -0.25) is 4.79 Å². The fourth-order valence-electron chi connectivity index (χ4n) is 2.13. The second-order valence-corrected chi connectivity index (χ2v) is 7.41. The van der Waals surface area contributed by atoms with Crippen LogP contribution in [0.1, 0.15) is 53.0 Å². The predicted octanol–water partition coefficient (Wildman–Crippen LogP) is 3.24. The first-order valence-electron chi connectivity index (χ1n) is 8.46. The van der Waals surface area contributed by atoms with Gasteiger partial charge in [0, 0.05) is 24.4 Å². The van der Waals surface area contributed by atoms with Gasteiger partial charge in [0.05, 0.1) is 6.61 Å². The monoisotopic (exact) mass is 320 g/mol. The first-order chi connectivity index (χ1) is 10.7. The molecule has 0 saturated carbocycles. The molecule has 0 aromatic heterocycles. The Morgan fingerprint density at radius 2 is 1.83 bits per heavy atom. The number of carbonyl (C=O) groups excluding carboxylic acids is 1. The van der Waals surface area contributed by atoms with Crippen molar-refractivity contribution < 1.29 is 9.53 Å². The van der Waals surface area contributed by atoms with Crippen molar-refractivity contribution in [3.63, 3.8) is 0 Å². The van der Waals surface area contributed by atoms with Gasteiger partial charge in [-0.2, -0.15) is 0 Å². The van der Waals surface area contributed by atoms with Crippen LogP contribution in [-0.2, 0) is 10.2 Å². The zero-order valence-corrected chi connectivity index (χ0v) is 15.2. The molecule has 0 aliphatic heterocycles. The summed E-state index contributed by atoms with van der Waals surface area (Å²) >= 11 is 0. The van der Waals surface area contributed by atoms with Crippen LogP contribution in [0.25, 0.3) is 0 Å². The van der Waals surface area contributed by atoms with E-state index in [9.17, 15) is 4.79 Å². The molecule has 0 radical (unpaired) electrons. The quantitative estimate of drug-likeness (QED) is 0.734. The molecule has 0 saturated heterocycles. The number of carbonyl (C=O) groups is 1. The highest BCUT2D eigenvalue weighted by atomic mass is 16.5. The normalized spacial score (nSPS) is 13.0. The van der Waals surface area contributed by atoms with Gasteiger partial charge >= 0.3 is 0 Å². The maximum atomic E-state index is 11.8. The molecule has 4 heteroatoms. The number of hydrogen-bond donors (Lipinski definition) is 2. The lowest BCUT2D eigenvalue weighted by Crippen LogP contribution is -2.37. The lowest BCUT2D eigenvalue weighted by Gasteiger charge is -2.26. The standard InChI is InChI=1S/C19H32N2O2/c1-14(2)12-23-17-9-7-16(8-10-17)19(4,5)13-21-18(22)11-6-15(3)20/h7-10,14-15H,6,11-13,20H2,1-5H3,(H,21,22). The van der Waals surface area contributed by atoms with Crippen molar-refractivity contribution in [1.82, 2.24) is 5.32 Å². The molecule has 0 fully saturated rings. The van der Waals surface area contributed by atoms with Crippen LogP contribution in [0.4, 0.5) is 0 Å². The zero-order valence-electron chi connectivity index (χ0n) is 15.2. The van der Waals surface area contributed by atoms with Crippen LogP contribution in [0.2, 0.25) is 0 Å². The number of hydrogen-bond acceptors (Lipinski definition) is 3. The van der Waals surface area contributed by atoms with Gasteiger partial charge in [-0.25, -0.2) is 0 Å². The number of ether oxygens (including phenoxy) is 1. The lowest BCUT2D eigenvalue weighted by atomic mass is 9.84. The topological polar surface area (TPSA) is 64.3 Å². The average molecular weight is 320 g/mol. The molecule has 0 bridgehead atoms. The third-order valence-corrected chi connectivity index (χ3v) is 3.77. The van der Waals surface area contributed by atoms with Gasteiger partial charge in [0.1, 0.15) is 5.75 Å². The summed E-state index contributed by atoms with van der Waals surface area (Å²) in [7, 11) is 0. The smallest absolute Gasteiger partial charge is 0.220 e. The summed E-state index contributed by atoms with van der Waals surface area (Å²) in [6.45, 7) is 11.8. The second-order valence-electron chi connectivity index (χ2n) is 7.41. The SMILES string of the molecule is CC(C)COc1ccc(C(C)(C)CNC(=O)CCC(C)N)cc1. The van der Waals surface area contributed by atoms with Crippen molar-refractivity contribution in [3.05, 3.63) is 29.8 Å². The van der Waals surface area contributed by atoms with Gasteiger partial charge in [0.25, 0.3) is 0 Å². The maximum absolute atomic E-state index is 11.8. The van der Waals surface area contributed by atoms with Crippen molar-refractivity contribution in [2.24, 2.45) is 11.7 Å². The molecule has 0 heterocycles. The lowest BCUT2D eigenvalue weighted by molar-refractivity contribution is -0.121. The van der Waals surface area contributed by atoms with Gasteiger partial charge in [-0.1, -0.05) is 39.8 Å². The molecule has 130 valence electrons. The Morgan fingerprint density at radius 1 is 1.22 bits per heavy atom. The molecule has 0 spiro atoms. The van der Waals surface area contributed by atoms with Crippen LogP contribution < -0.4 is 15.8 Å². The Morgan fingerprint density at radius 3 is 2.35 bits per heavy atom. The third kappa shape index (κ3) is 7.51. The van der Waals surface area contributed by atoms with Crippen molar-refractivity contribution in [2.45, 2.75) is 58.9 Å². The van der Waals surface area contributed by atoms with Crippen LogP contribution in [0.15, 0.2) is 24.3 Å². The Bertz CT molecular complexity index is 479. The Balaban J connectivity index is 2.53. The summed E-state index contributed by atoms with van der Waals surface area (Å²) in [5.74, 6) is 1.46. The van der Waals surface area contributed by atoms with E-state index in [0.29, 0.717) is 25.3 Å². The van der Waals surface area contributed by atoms with E-state index in [1.807, 2.05) is 19.1 Å². The number of amides is 1. The third-order valence-electron chi connectivity index (χ3n) is 3.77. The number of rotatable bonds is 9. The predicted molar refractivity (Wildman–Crippen MR) is 95.7 cm³/mol. The summed E-state index contributed by atoms with van der Waals surface area (Å²) < 4.78 is 5.71. The molecule has 1 atom stereocenters. The average Bonchev–Trinajstić information content (AvgIpc) is 2.49. The minimum absolute atomic E-state index is 0.0622. The van der Waals surface area contributed by atoms with Crippen LogP contribution in [-0.4, -0.2) is 25.1 Å². The summed E-state index contributed by atoms with van der Waals surface area (Å²) in [5, 5.41) is 3.01. The molecule has 4 nitrogen and oxygen atoms in total. The van der Waals surface area contributed by atoms with Gasteiger partial charge in [-0.15, -0.1) is 0 Å². The van der Waals surface area contributed by atoms with E-state index in [1.165, 1.54) is 5.56 Å². The van der Waals surface area contributed by atoms with Gasteiger partial charge in [0.15, 0.2) is 0 Å². The summed E-state index contributed by atoms with van der Waals surface area (Å²) in [4.78, 5) is 11.8. The molecule has 0 aliphatic carbocycles. The van der Waals surface area contributed by atoms with E-state index >= 15 is 0 Å². The van der Waals surface area contributed by atoms with Crippen molar-refractivity contribution >= 4 is 5.91 Å². The molecule has 1 aromatic rings. The molecule has 23 heavy (non-hydrogen) atoms. The van der Waals surface area contributed by atoms with E-state index < -0.39 is 0 Å². The van der Waals surface area contributed by atoms with Crippen LogP contribution >= 0.6 is 0 Å². The fraction of sp³-hybridized carbons (Fsp3) is 0.632.